The molecule has 292 valence electrons. The van der Waals surface area contributed by atoms with Crippen molar-refractivity contribution in [2.45, 2.75) is 18.3 Å². The molecule has 6 atom stereocenters. The van der Waals surface area contributed by atoms with Crippen molar-refractivity contribution in [3.05, 3.63) is 121 Å². The molecule has 4 aromatic carbocycles. The molecule has 14 heteroatoms. The van der Waals surface area contributed by atoms with Gasteiger partial charge in [0.25, 0.3) is 11.8 Å². The molecule has 4 amide bonds. The van der Waals surface area contributed by atoms with Gasteiger partial charge in [0.05, 0.1) is 60.9 Å². The lowest BCUT2D eigenvalue weighted by Gasteiger charge is -2.49. The molecule has 1 saturated carbocycles. The molecule has 4 aromatic rings. The second-order valence-corrected chi connectivity index (χ2v) is 16.5. The average molecular weight is 921 g/mol. The number of hydrazine groups is 1. The van der Waals surface area contributed by atoms with Crippen molar-refractivity contribution in [2.75, 3.05) is 31.7 Å². The summed E-state index contributed by atoms with van der Waals surface area (Å²) in [5.74, 6) is -4.74. The maximum absolute atomic E-state index is 15.4. The van der Waals surface area contributed by atoms with Crippen LogP contribution >= 0.6 is 45.8 Å². The van der Waals surface area contributed by atoms with Gasteiger partial charge in [0, 0.05) is 14.5 Å². The van der Waals surface area contributed by atoms with Crippen LogP contribution in [0.1, 0.15) is 24.0 Å². The predicted molar refractivity (Wildman–Crippen MR) is 223 cm³/mol. The zero-order valence-corrected chi connectivity index (χ0v) is 34.5. The van der Waals surface area contributed by atoms with Crippen LogP contribution in [0.2, 0.25) is 10.0 Å². The van der Waals surface area contributed by atoms with Crippen molar-refractivity contribution in [3.63, 3.8) is 0 Å². The Balaban J connectivity index is 1.32. The Labute approximate surface area is 352 Å². The lowest BCUT2D eigenvalue weighted by molar-refractivity contribution is -0.139. The highest BCUT2D eigenvalue weighted by Gasteiger charge is 2.69. The Bertz CT molecular complexity index is 2360. The highest BCUT2D eigenvalue weighted by molar-refractivity contribution is 14.1. The first-order valence-electron chi connectivity index (χ1n) is 18.1. The first-order valence-corrected chi connectivity index (χ1v) is 20.0. The Kier molecular flexibility index (Phi) is 10.2. The number of anilines is 2. The monoisotopic (exact) mass is 919 g/mol. The number of rotatable bonds is 9. The summed E-state index contributed by atoms with van der Waals surface area (Å²) in [5, 5.41) is 12.3. The van der Waals surface area contributed by atoms with Crippen molar-refractivity contribution < 1.29 is 38.5 Å². The summed E-state index contributed by atoms with van der Waals surface area (Å²) < 4.78 is 17.3. The fraction of sp³-hybridized carbons (Fsp3) is 0.256. The molecule has 4 aliphatic rings. The van der Waals surface area contributed by atoms with Gasteiger partial charge in [-0.2, -0.15) is 5.01 Å². The van der Waals surface area contributed by atoms with E-state index in [1.54, 1.807) is 73.8 Å². The molecule has 0 aromatic heterocycles. The van der Waals surface area contributed by atoms with Crippen LogP contribution in [0.5, 0.6) is 23.0 Å². The lowest BCUT2D eigenvalue weighted by Crippen LogP contribution is -2.54. The first-order chi connectivity index (χ1) is 27.4. The zero-order chi connectivity index (χ0) is 40.3. The molecule has 0 spiro atoms. The normalized spacial score (nSPS) is 25.3. The molecule has 2 N–H and O–H groups in total. The fourth-order valence-electron chi connectivity index (χ4n) is 9.15. The first kappa shape index (κ1) is 38.8. The van der Waals surface area contributed by atoms with Crippen LogP contribution in [-0.2, 0) is 24.6 Å². The van der Waals surface area contributed by atoms with E-state index in [0.717, 1.165) is 14.2 Å². The summed E-state index contributed by atoms with van der Waals surface area (Å²) in [6, 6.07) is 22.2. The van der Waals surface area contributed by atoms with Crippen LogP contribution in [0.15, 0.2) is 96.6 Å². The number of phenolic OH excluding ortho intramolecular Hbond substituents is 1. The van der Waals surface area contributed by atoms with E-state index in [9.17, 15) is 19.5 Å². The summed E-state index contributed by atoms with van der Waals surface area (Å²) >= 11 is 14.9. The van der Waals surface area contributed by atoms with Gasteiger partial charge in [0.15, 0.2) is 11.5 Å². The van der Waals surface area contributed by atoms with E-state index in [-0.39, 0.29) is 46.9 Å². The molecular weight excluding hydrogens is 884 g/mol. The number of ether oxygens (including phenoxy) is 3. The molecule has 2 aliphatic carbocycles. The van der Waals surface area contributed by atoms with Gasteiger partial charge in [0.1, 0.15) is 5.75 Å². The summed E-state index contributed by atoms with van der Waals surface area (Å²) in [6.45, 7) is 0. The van der Waals surface area contributed by atoms with E-state index in [1.165, 1.54) is 25.2 Å². The number of hydrogen-bond donors (Lipinski definition) is 2. The number of amides is 4. The molecule has 6 unspecified atom stereocenters. The Hall–Kier alpha value is -5.05. The van der Waals surface area contributed by atoms with Gasteiger partial charge < -0.3 is 19.3 Å². The largest absolute Gasteiger partial charge is 0.502 e. The van der Waals surface area contributed by atoms with Crippen LogP contribution in [0.4, 0.5) is 11.4 Å². The van der Waals surface area contributed by atoms with Gasteiger partial charge in [0.2, 0.25) is 17.6 Å². The molecule has 2 heterocycles. The maximum atomic E-state index is 15.4. The van der Waals surface area contributed by atoms with Gasteiger partial charge in [-0.25, -0.2) is 0 Å². The van der Waals surface area contributed by atoms with E-state index in [0.29, 0.717) is 33.3 Å². The van der Waals surface area contributed by atoms with Crippen LogP contribution in [0.25, 0.3) is 6.08 Å². The summed E-state index contributed by atoms with van der Waals surface area (Å²) in [6.07, 6.45) is 6.01. The highest BCUT2D eigenvalue weighted by Crippen LogP contribution is 2.62. The number of nitrogens with zero attached hydrogens (tertiary/aromatic N) is 2. The highest BCUT2D eigenvalue weighted by atomic mass is 127. The maximum Gasteiger partial charge on any atom is 0.260 e. The van der Waals surface area contributed by atoms with E-state index >= 15 is 4.79 Å². The fourth-order valence-corrected chi connectivity index (χ4v) is 9.96. The van der Waals surface area contributed by atoms with E-state index in [1.807, 2.05) is 24.3 Å². The van der Waals surface area contributed by atoms with Crippen LogP contribution in [-0.4, -0.2) is 55.1 Å². The Morgan fingerprint density at radius 2 is 1.53 bits per heavy atom. The smallest absolute Gasteiger partial charge is 0.260 e. The minimum Gasteiger partial charge on any atom is -0.502 e. The standard InChI is InChI=1S/C43H36Cl2IN3O8/c1-55-27-12-5-23(6-13-27)43-31(16-4-22-18-35(56-2)38(50)36(19-22)57-3)28-14-15-29-37(41(53)48(39(29)51)26-10-8-25(46)9-11-26)30(28)21-32(43)40(52)49(42(43)54)47-34-17-7-24(44)20-33(34)45/h4-14,16-20,29-32,37,47,50H,15,21H2,1-3H3. The van der Waals surface area contributed by atoms with Crippen LogP contribution < -0.4 is 24.5 Å². The van der Waals surface area contributed by atoms with Gasteiger partial charge in [-0.05, 0) is 119 Å². The van der Waals surface area contributed by atoms with Crippen LogP contribution in [0, 0.1) is 33.2 Å². The average Bonchev–Trinajstić information content (AvgIpc) is 3.59. The minimum absolute atomic E-state index is 0.112. The predicted octanol–water partition coefficient (Wildman–Crippen LogP) is 8.06. The molecule has 0 radical (unpaired) electrons. The van der Waals surface area contributed by atoms with Gasteiger partial charge in [-0.15, -0.1) is 0 Å². The number of nitrogens with one attached hydrogen (secondary N) is 1. The molecule has 0 bridgehead atoms. The molecular formula is C43H36Cl2IN3O8. The van der Waals surface area contributed by atoms with Crippen molar-refractivity contribution in [3.8, 4) is 23.0 Å². The van der Waals surface area contributed by atoms with Gasteiger partial charge in [-0.3, -0.25) is 29.5 Å². The SMILES string of the molecule is COc1ccc(C23C(=O)N(Nc4ccc(Cl)cc4Cl)C(=O)C2CC2C(=CCC4C(=O)N(c5ccc(I)cc5)C(=O)C42)C3C=Cc2cc(OC)c(O)c(OC)c2)cc1. The zero-order valence-electron chi connectivity index (χ0n) is 30.9. The number of imide groups is 2. The van der Waals surface area contributed by atoms with Gasteiger partial charge in [-0.1, -0.05) is 59.1 Å². The van der Waals surface area contributed by atoms with Crippen molar-refractivity contribution in [2.24, 2.45) is 29.6 Å². The van der Waals surface area contributed by atoms with Crippen molar-refractivity contribution in [1.82, 2.24) is 5.01 Å². The number of fused-ring (bicyclic) bond motifs is 4. The summed E-state index contributed by atoms with van der Waals surface area (Å²) in [7, 11) is 4.40. The Morgan fingerprint density at radius 3 is 2.16 bits per heavy atom. The van der Waals surface area contributed by atoms with E-state index in [2.05, 4.69) is 28.0 Å². The second-order valence-electron chi connectivity index (χ2n) is 14.4. The molecule has 11 nitrogen and oxygen atoms in total. The third kappa shape index (κ3) is 6.23. The number of hydrogen-bond acceptors (Lipinski definition) is 9. The molecule has 2 aliphatic heterocycles. The molecule has 2 saturated heterocycles. The van der Waals surface area contributed by atoms with E-state index < -0.39 is 46.8 Å². The lowest BCUT2D eigenvalue weighted by atomic mass is 9.50. The van der Waals surface area contributed by atoms with Crippen LogP contribution in [0.3, 0.4) is 0 Å². The minimum atomic E-state index is -1.53. The van der Waals surface area contributed by atoms with E-state index in [4.69, 9.17) is 37.4 Å². The summed E-state index contributed by atoms with van der Waals surface area (Å²) in [4.78, 5) is 60.3. The number of halogens is 3. The number of allylic oxidation sites excluding steroid dienone is 3. The second kappa shape index (κ2) is 15.0. The third-order valence-corrected chi connectivity index (χ3v) is 13.0. The topological polar surface area (TPSA) is 135 Å². The third-order valence-electron chi connectivity index (χ3n) is 11.7. The number of methoxy groups -OCH3 is 3. The number of aromatic hydroxyl groups is 1. The summed E-state index contributed by atoms with van der Waals surface area (Å²) in [5.41, 5.74) is 4.16. The molecule has 8 rings (SSSR count). The number of benzene rings is 4. The Morgan fingerprint density at radius 1 is 0.842 bits per heavy atom. The van der Waals surface area contributed by atoms with Gasteiger partial charge >= 0.3 is 0 Å². The quantitative estimate of drug-likeness (QED) is 0.0972. The van der Waals surface area contributed by atoms with Crippen molar-refractivity contribution in [1.29, 1.82) is 0 Å². The number of carbonyl (C=O) groups is 4. The molecule has 3 fully saturated rings. The number of carbonyl (C=O) groups excluding carboxylic acids is 4. The number of phenols is 1. The van der Waals surface area contributed by atoms with Crippen molar-refractivity contribution >= 4 is 86.9 Å². The molecule has 57 heavy (non-hydrogen) atoms.